The van der Waals surface area contributed by atoms with E-state index in [4.69, 9.17) is 0 Å². The van der Waals surface area contributed by atoms with Crippen LogP contribution in [0, 0.1) is 0 Å². The van der Waals surface area contributed by atoms with Crippen molar-refractivity contribution in [1.82, 2.24) is 4.90 Å². The molecule has 2 heterocycles. The maximum Gasteiger partial charge on any atom is 0.222 e. The third kappa shape index (κ3) is 2.69. The minimum atomic E-state index is 0.258. The molecule has 4 nitrogen and oxygen atoms in total. The van der Waals surface area contributed by atoms with Gasteiger partial charge in [-0.05, 0) is 18.1 Å². The number of carbonyl (C=O) groups is 2. The van der Waals surface area contributed by atoms with Crippen molar-refractivity contribution >= 4 is 17.4 Å². The second-order valence-electron chi connectivity index (χ2n) is 5.57. The van der Waals surface area contributed by atoms with Crippen molar-refractivity contribution in [2.75, 3.05) is 24.5 Å². The highest BCUT2D eigenvalue weighted by Gasteiger charge is 2.23. The van der Waals surface area contributed by atoms with Crippen LogP contribution < -0.4 is 4.90 Å². The number of hydrogen-bond acceptors (Lipinski definition) is 3. The number of carbonyl (C=O) groups excluding carboxylic acids is 2. The van der Waals surface area contributed by atoms with Gasteiger partial charge in [0.25, 0.3) is 0 Å². The van der Waals surface area contributed by atoms with Gasteiger partial charge in [0.2, 0.25) is 5.91 Å². The van der Waals surface area contributed by atoms with Crippen LogP contribution in [0.2, 0.25) is 0 Å². The third-order valence-corrected chi connectivity index (χ3v) is 4.19. The number of amides is 1. The number of anilines is 1. The van der Waals surface area contributed by atoms with Crippen molar-refractivity contribution < 1.29 is 9.59 Å². The van der Waals surface area contributed by atoms with Crippen LogP contribution in [0.3, 0.4) is 0 Å². The first kappa shape index (κ1) is 13.2. The fourth-order valence-corrected chi connectivity index (χ4v) is 3.03. The zero-order chi connectivity index (χ0) is 13.9. The van der Waals surface area contributed by atoms with Crippen LogP contribution >= 0.6 is 0 Å². The van der Waals surface area contributed by atoms with E-state index in [2.05, 4.69) is 17.0 Å². The predicted octanol–water partition coefficient (Wildman–Crippen LogP) is 1.98. The van der Waals surface area contributed by atoms with Crippen molar-refractivity contribution in [3.05, 3.63) is 29.8 Å². The Kier molecular flexibility index (Phi) is 3.72. The topological polar surface area (TPSA) is 40.6 Å². The van der Waals surface area contributed by atoms with E-state index in [1.807, 2.05) is 17.0 Å². The van der Waals surface area contributed by atoms with Crippen LogP contribution in [0.4, 0.5) is 5.69 Å². The molecule has 0 spiro atoms. The Labute approximate surface area is 119 Å². The van der Waals surface area contributed by atoms with Gasteiger partial charge in [-0.2, -0.15) is 0 Å². The molecule has 2 fully saturated rings. The van der Waals surface area contributed by atoms with E-state index < -0.39 is 0 Å². The summed E-state index contributed by atoms with van der Waals surface area (Å²) in [7, 11) is 0. The van der Waals surface area contributed by atoms with E-state index in [1.54, 1.807) is 0 Å². The lowest BCUT2D eigenvalue weighted by Crippen LogP contribution is -2.35. The van der Waals surface area contributed by atoms with Crippen LogP contribution in [0.25, 0.3) is 0 Å². The number of piperidine rings is 1. The molecule has 2 saturated heterocycles. The second-order valence-corrected chi connectivity index (χ2v) is 5.57. The molecule has 2 aliphatic heterocycles. The first-order valence-electron chi connectivity index (χ1n) is 7.36. The van der Waals surface area contributed by atoms with Gasteiger partial charge in [-0.15, -0.1) is 0 Å². The van der Waals surface area contributed by atoms with E-state index in [0.717, 1.165) is 26.1 Å². The Morgan fingerprint density at radius 2 is 1.70 bits per heavy atom. The summed E-state index contributed by atoms with van der Waals surface area (Å²) >= 11 is 0. The van der Waals surface area contributed by atoms with Gasteiger partial charge in [0.1, 0.15) is 5.78 Å². The summed E-state index contributed by atoms with van der Waals surface area (Å²) in [6.45, 7) is 3.15. The van der Waals surface area contributed by atoms with Crippen molar-refractivity contribution in [2.24, 2.45) is 0 Å². The molecule has 0 aliphatic carbocycles. The molecule has 0 radical (unpaired) electrons. The van der Waals surface area contributed by atoms with E-state index in [-0.39, 0.29) is 5.91 Å². The lowest BCUT2D eigenvalue weighted by atomic mass is 10.1. The summed E-state index contributed by atoms with van der Waals surface area (Å²) in [5.41, 5.74) is 2.37. The average Bonchev–Trinajstić information content (AvgIpc) is 2.86. The fraction of sp³-hybridized carbons (Fsp3) is 0.500. The standard InChI is InChI=1S/C16H20N2O2/c19-14-7-10-17(11-8-14)15-5-2-1-4-13(15)12-18-9-3-6-16(18)20/h1-2,4-5H,3,6-12H2. The summed E-state index contributed by atoms with van der Waals surface area (Å²) in [5, 5.41) is 0. The van der Waals surface area contributed by atoms with E-state index >= 15 is 0 Å². The SMILES string of the molecule is O=C1CCN(c2ccccc2CN2CCCC2=O)CC1. The highest BCUT2D eigenvalue weighted by Crippen LogP contribution is 2.25. The minimum Gasteiger partial charge on any atom is -0.370 e. The predicted molar refractivity (Wildman–Crippen MR) is 77.5 cm³/mol. The molecule has 20 heavy (non-hydrogen) atoms. The third-order valence-electron chi connectivity index (χ3n) is 4.19. The summed E-state index contributed by atoms with van der Waals surface area (Å²) in [4.78, 5) is 27.4. The molecular weight excluding hydrogens is 252 g/mol. The van der Waals surface area contributed by atoms with Crippen LogP contribution in [0.5, 0.6) is 0 Å². The number of ketones is 1. The number of nitrogens with zero attached hydrogens (tertiary/aromatic N) is 2. The van der Waals surface area contributed by atoms with Crippen LogP contribution in [0.1, 0.15) is 31.2 Å². The molecule has 106 valence electrons. The first-order valence-corrected chi connectivity index (χ1v) is 7.36. The highest BCUT2D eigenvalue weighted by atomic mass is 16.2. The average molecular weight is 272 g/mol. The van der Waals surface area contributed by atoms with Crippen LogP contribution in [-0.4, -0.2) is 36.2 Å². The molecule has 4 heteroatoms. The molecule has 0 saturated carbocycles. The van der Waals surface area contributed by atoms with Crippen LogP contribution in [0.15, 0.2) is 24.3 Å². The number of para-hydroxylation sites is 1. The molecule has 2 aliphatic rings. The molecule has 1 aromatic carbocycles. The summed E-state index contributed by atoms with van der Waals surface area (Å²) in [6.07, 6.45) is 2.92. The molecule has 0 atom stereocenters. The van der Waals surface area contributed by atoms with E-state index in [9.17, 15) is 9.59 Å². The maximum atomic E-state index is 11.8. The van der Waals surface area contributed by atoms with Crippen molar-refractivity contribution in [1.29, 1.82) is 0 Å². The van der Waals surface area contributed by atoms with Crippen molar-refractivity contribution in [3.63, 3.8) is 0 Å². The number of benzene rings is 1. The lowest BCUT2D eigenvalue weighted by molar-refractivity contribution is -0.128. The van der Waals surface area contributed by atoms with Crippen molar-refractivity contribution in [3.8, 4) is 0 Å². The number of Topliss-reactive ketones (excluding diaryl/α,β-unsaturated/α-hetero) is 1. The van der Waals surface area contributed by atoms with Gasteiger partial charge in [0.05, 0.1) is 0 Å². The number of hydrogen-bond donors (Lipinski definition) is 0. The Morgan fingerprint density at radius 1 is 0.950 bits per heavy atom. The van der Waals surface area contributed by atoms with Crippen LogP contribution in [-0.2, 0) is 16.1 Å². The van der Waals surface area contributed by atoms with Crippen molar-refractivity contribution in [2.45, 2.75) is 32.2 Å². The van der Waals surface area contributed by atoms with Gasteiger partial charge in [-0.3, -0.25) is 9.59 Å². The molecule has 0 N–H and O–H groups in total. The zero-order valence-corrected chi connectivity index (χ0v) is 11.7. The van der Waals surface area contributed by atoms with E-state index in [1.165, 1.54) is 11.3 Å². The molecule has 0 bridgehead atoms. The minimum absolute atomic E-state index is 0.258. The number of likely N-dealkylation sites (tertiary alicyclic amines) is 1. The molecule has 1 amide bonds. The van der Waals surface area contributed by atoms with Gasteiger partial charge >= 0.3 is 0 Å². The number of rotatable bonds is 3. The largest absolute Gasteiger partial charge is 0.370 e. The second kappa shape index (κ2) is 5.65. The Bertz CT molecular complexity index is 517. The summed E-state index contributed by atoms with van der Waals surface area (Å²) in [5.74, 6) is 0.613. The Hall–Kier alpha value is -1.84. The quantitative estimate of drug-likeness (QED) is 0.844. The normalized spacial score (nSPS) is 19.8. The molecule has 3 rings (SSSR count). The summed E-state index contributed by atoms with van der Waals surface area (Å²) in [6, 6.07) is 8.25. The monoisotopic (exact) mass is 272 g/mol. The molecule has 1 aromatic rings. The van der Waals surface area contributed by atoms with Gasteiger partial charge in [-0.25, -0.2) is 0 Å². The zero-order valence-electron chi connectivity index (χ0n) is 11.7. The lowest BCUT2D eigenvalue weighted by Gasteiger charge is -2.31. The van der Waals surface area contributed by atoms with Gasteiger partial charge in [0, 0.05) is 51.1 Å². The van der Waals surface area contributed by atoms with Gasteiger partial charge in [-0.1, -0.05) is 18.2 Å². The highest BCUT2D eigenvalue weighted by molar-refractivity contribution is 5.81. The first-order chi connectivity index (χ1) is 9.74. The Balaban J connectivity index is 1.77. The molecule has 0 aromatic heterocycles. The van der Waals surface area contributed by atoms with Gasteiger partial charge in [0.15, 0.2) is 0 Å². The smallest absolute Gasteiger partial charge is 0.222 e. The maximum absolute atomic E-state index is 11.8. The van der Waals surface area contributed by atoms with E-state index in [0.29, 0.717) is 31.6 Å². The molecule has 0 unspecified atom stereocenters. The fourth-order valence-electron chi connectivity index (χ4n) is 3.03. The molecular formula is C16H20N2O2. The van der Waals surface area contributed by atoms with Gasteiger partial charge < -0.3 is 9.80 Å². The summed E-state index contributed by atoms with van der Waals surface area (Å²) < 4.78 is 0. The Morgan fingerprint density at radius 3 is 2.40 bits per heavy atom.